The zero-order valence-corrected chi connectivity index (χ0v) is 17.0. The van der Waals surface area contributed by atoms with E-state index >= 15 is 0 Å². The van der Waals surface area contributed by atoms with E-state index in [0.717, 1.165) is 31.4 Å². The number of rotatable bonds is 3. The Labute approximate surface area is 171 Å². The summed E-state index contributed by atoms with van der Waals surface area (Å²) in [6, 6.07) is 6.57. The first kappa shape index (κ1) is 21.9. The number of piperidine rings is 1. The lowest BCUT2D eigenvalue weighted by molar-refractivity contribution is 0.0683. The Balaban J connectivity index is 0.00000131. The Kier molecular flexibility index (Phi) is 7.06. The lowest BCUT2D eigenvalue weighted by Crippen LogP contribution is -2.42. The molecular formula is C20H26Cl2FN3O. The van der Waals surface area contributed by atoms with Crippen molar-refractivity contribution in [2.24, 2.45) is 11.7 Å². The Morgan fingerprint density at radius 3 is 2.44 bits per heavy atom. The second kappa shape index (κ2) is 8.72. The molecule has 1 aliphatic carbocycles. The van der Waals surface area contributed by atoms with Crippen LogP contribution in [0, 0.1) is 11.7 Å². The number of benzene rings is 1. The summed E-state index contributed by atoms with van der Waals surface area (Å²) in [7, 11) is 0. The van der Waals surface area contributed by atoms with Crippen molar-refractivity contribution in [1.82, 2.24) is 9.88 Å². The van der Waals surface area contributed by atoms with E-state index in [0.29, 0.717) is 41.4 Å². The van der Waals surface area contributed by atoms with Gasteiger partial charge in [0.25, 0.3) is 5.91 Å². The number of carbonyl (C=O) groups excluding carboxylic acids is 1. The Bertz CT molecular complexity index is 818. The average Bonchev–Trinajstić information content (AvgIpc) is 3.45. The van der Waals surface area contributed by atoms with Gasteiger partial charge in [-0.2, -0.15) is 0 Å². The summed E-state index contributed by atoms with van der Waals surface area (Å²) in [5.74, 6) is 0.573. The highest BCUT2D eigenvalue weighted by Crippen LogP contribution is 2.40. The molecule has 2 fully saturated rings. The van der Waals surface area contributed by atoms with Gasteiger partial charge in [0.1, 0.15) is 5.82 Å². The predicted octanol–water partition coefficient (Wildman–Crippen LogP) is 4.29. The van der Waals surface area contributed by atoms with Crippen LogP contribution in [-0.2, 0) is 0 Å². The highest BCUT2D eigenvalue weighted by atomic mass is 35.5. The van der Waals surface area contributed by atoms with E-state index in [9.17, 15) is 9.18 Å². The molecule has 27 heavy (non-hydrogen) atoms. The molecule has 148 valence electrons. The van der Waals surface area contributed by atoms with Crippen LogP contribution in [0.5, 0.6) is 0 Å². The zero-order valence-electron chi connectivity index (χ0n) is 15.4. The van der Waals surface area contributed by atoms with Crippen LogP contribution in [0.1, 0.15) is 54.6 Å². The number of likely N-dealkylation sites (tertiary alicyclic amines) is 1. The van der Waals surface area contributed by atoms with Gasteiger partial charge >= 0.3 is 0 Å². The third-order valence-electron chi connectivity index (χ3n) is 5.59. The molecule has 2 heterocycles. The third kappa shape index (κ3) is 4.53. The number of hydrogen-bond acceptors (Lipinski definition) is 3. The van der Waals surface area contributed by atoms with Gasteiger partial charge in [-0.05, 0) is 62.8 Å². The standard InChI is InChI=1S/C20H24FN3O.2ClH/c1-12(22)13-6-8-24(9-7-13)20(25)17-11-19(14-2-3-14)23-18-5-4-15(21)10-16(17)18;;/h4-5,10-14H,2-3,6-9,22H2,1H3;2*1H. The molecule has 2 N–H and O–H groups in total. The molecule has 1 aromatic carbocycles. The van der Waals surface area contributed by atoms with E-state index < -0.39 is 0 Å². The fraction of sp³-hybridized carbons (Fsp3) is 0.500. The molecule has 1 amide bonds. The molecule has 0 spiro atoms. The molecule has 1 aliphatic heterocycles. The molecular weight excluding hydrogens is 388 g/mol. The predicted molar refractivity (Wildman–Crippen MR) is 110 cm³/mol. The summed E-state index contributed by atoms with van der Waals surface area (Å²) < 4.78 is 13.8. The van der Waals surface area contributed by atoms with Gasteiger partial charge in [-0.3, -0.25) is 9.78 Å². The fourth-order valence-corrected chi connectivity index (χ4v) is 3.78. The van der Waals surface area contributed by atoms with E-state index in [1.807, 2.05) is 17.9 Å². The lowest BCUT2D eigenvalue weighted by atomic mass is 9.90. The largest absolute Gasteiger partial charge is 0.339 e. The first-order valence-corrected chi connectivity index (χ1v) is 9.18. The van der Waals surface area contributed by atoms with E-state index in [2.05, 4.69) is 4.98 Å². The van der Waals surface area contributed by atoms with Crippen molar-refractivity contribution in [3.63, 3.8) is 0 Å². The first-order valence-electron chi connectivity index (χ1n) is 9.18. The van der Waals surface area contributed by atoms with Gasteiger partial charge in [0.15, 0.2) is 0 Å². The van der Waals surface area contributed by atoms with Gasteiger partial charge in [0, 0.05) is 36.1 Å². The average molecular weight is 414 g/mol. The maximum absolute atomic E-state index is 13.8. The summed E-state index contributed by atoms with van der Waals surface area (Å²) in [6.45, 7) is 3.45. The van der Waals surface area contributed by atoms with Crippen LogP contribution in [0.2, 0.25) is 0 Å². The molecule has 2 aliphatic rings. The van der Waals surface area contributed by atoms with Crippen LogP contribution in [0.4, 0.5) is 4.39 Å². The molecule has 0 bridgehead atoms. The van der Waals surface area contributed by atoms with Gasteiger partial charge in [-0.1, -0.05) is 0 Å². The molecule has 1 atom stereocenters. The van der Waals surface area contributed by atoms with Crippen molar-refractivity contribution in [1.29, 1.82) is 0 Å². The SMILES string of the molecule is CC(N)C1CCN(C(=O)c2cc(C3CC3)nc3ccc(F)cc23)CC1.Cl.Cl. The normalized spacial score (nSPS) is 18.6. The van der Waals surface area contributed by atoms with Gasteiger partial charge in [-0.15, -0.1) is 24.8 Å². The molecule has 0 radical (unpaired) electrons. The number of nitrogens with two attached hydrogens (primary N) is 1. The van der Waals surface area contributed by atoms with Crippen molar-refractivity contribution < 1.29 is 9.18 Å². The Morgan fingerprint density at radius 2 is 1.85 bits per heavy atom. The summed E-state index contributed by atoms with van der Waals surface area (Å²) in [6.07, 6.45) is 4.09. The minimum absolute atomic E-state index is 0. The van der Waals surface area contributed by atoms with E-state index in [-0.39, 0.29) is 42.6 Å². The highest BCUT2D eigenvalue weighted by molar-refractivity contribution is 6.06. The Hall–Kier alpha value is -1.43. The minimum Gasteiger partial charge on any atom is -0.339 e. The molecule has 1 unspecified atom stereocenters. The molecule has 4 rings (SSSR count). The van der Waals surface area contributed by atoms with Crippen LogP contribution in [0.3, 0.4) is 0 Å². The monoisotopic (exact) mass is 413 g/mol. The minimum atomic E-state index is -0.335. The number of aromatic nitrogens is 1. The van der Waals surface area contributed by atoms with Crippen molar-refractivity contribution in [2.75, 3.05) is 13.1 Å². The summed E-state index contributed by atoms with van der Waals surface area (Å²) in [4.78, 5) is 19.7. The number of carbonyl (C=O) groups is 1. The topological polar surface area (TPSA) is 59.2 Å². The Morgan fingerprint density at radius 1 is 1.19 bits per heavy atom. The number of amides is 1. The van der Waals surface area contributed by atoms with Gasteiger partial charge in [0.2, 0.25) is 0 Å². The number of nitrogens with zero attached hydrogens (tertiary/aromatic N) is 2. The van der Waals surface area contributed by atoms with Crippen molar-refractivity contribution in [3.05, 3.63) is 41.3 Å². The van der Waals surface area contributed by atoms with E-state index in [1.54, 1.807) is 6.07 Å². The second-order valence-electron chi connectivity index (χ2n) is 7.52. The van der Waals surface area contributed by atoms with Crippen LogP contribution in [0.15, 0.2) is 24.3 Å². The van der Waals surface area contributed by atoms with Gasteiger partial charge < -0.3 is 10.6 Å². The smallest absolute Gasteiger partial charge is 0.254 e. The summed E-state index contributed by atoms with van der Waals surface area (Å²) in [5.41, 5.74) is 8.26. The number of fused-ring (bicyclic) bond motifs is 1. The van der Waals surface area contributed by atoms with Gasteiger partial charge in [-0.25, -0.2) is 4.39 Å². The zero-order chi connectivity index (χ0) is 17.6. The summed E-state index contributed by atoms with van der Waals surface area (Å²) in [5, 5.41) is 0.615. The van der Waals surface area contributed by atoms with Crippen LogP contribution < -0.4 is 5.73 Å². The van der Waals surface area contributed by atoms with Gasteiger partial charge in [0.05, 0.1) is 11.1 Å². The molecule has 4 nitrogen and oxygen atoms in total. The number of hydrogen-bond donors (Lipinski definition) is 1. The van der Waals surface area contributed by atoms with Crippen molar-refractivity contribution in [2.45, 2.75) is 44.6 Å². The van der Waals surface area contributed by atoms with Crippen molar-refractivity contribution >= 4 is 41.6 Å². The van der Waals surface area contributed by atoms with Crippen LogP contribution in [0.25, 0.3) is 10.9 Å². The first-order chi connectivity index (χ1) is 12.0. The maximum Gasteiger partial charge on any atom is 0.254 e. The molecule has 2 aromatic rings. The second-order valence-corrected chi connectivity index (χ2v) is 7.52. The maximum atomic E-state index is 13.8. The summed E-state index contributed by atoms with van der Waals surface area (Å²) >= 11 is 0. The molecule has 7 heteroatoms. The molecule has 1 aromatic heterocycles. The fourth-order valence-electron chi connectivity index (χ4n) is 3.78. The third-order valence-corrected chi connectivity index (χ3v) is 5.59. The quantitative estimate of drug-likeness (QED) is 0.815. The lowest BCUT2D eigenvalue weighted by Gasteiger charge is -2.34. The highest BCUT2D eigenvalue weighted by Gasteiger charge is 2.30. The van der Waals surface area contributed by atoms with E-state index in [4.69, 9.17) is 5.73 Å². The number of pyridine rings is 1. The van der Waals surface area contributed by atoms with E-state index in [1.165, 1.54) is 12.1 Å². The van der Waals surface area contributed by atoms with Crippen molar-refractivity contribution in [3.8, 4) is 0 Å². The number of halogens is 3. The molecule has 1 saturated carbocycles. The van der Waals surface area contributed by atoms with Crippen LogP contribution in [-0.4, -0.2) is 34.9 Å². The van der Waals surface area contributed by atoms with Crippen LogP contribution >= 0.6 is 24.8 Å². The molecule has 1 saturated heterocycles.